The van der Waals surface area contributed by atoms with Crippen molar-refractivity contribution in [2.24, 2.45) is 5.41 Å². The Morgan fingerprint density at radius 3 is 1.00 bits per heavy atom. The maximum atomic E-state index is 9.90. The second kappa shape index (κ2) is 17.6. The standard InChI is InChI=1S/C6H14O3.3C5H9NO2/c1-2-6(3-7,4-8)5-9;3*7-5(8)2-1-4-3-6-4/h7-9H,2-5H2,1H3;3*4,6H,1-3H2,(H,7,8). The summed E-state index contributed by atoms with van der Waals surface area (Å²) in [6, 6.07) is 1.52. The average molecular weight is 480 g/mol. The Labute approximate surface area is 194 Å². The molecule has 0 bridgehead atoms. The molecule has 0 spiro atoms. The maximum absolute atomic E-state index is 9.90. The van der Waals surface area contributed by atoms with Crippen molar-refractivity contribution in [1.29, 1.82) is 0 Å². The van der Waals surface area contributed by atoms with Crippen LogP contribution in [0.5, 0.6) is 0 Å². The van der Waals surface area contributed by atoms with Gasteiger partial charge in [0.15, 0.2) is 0 Å². The highest BCUT2D eigenvalue weighted by Gasteiger charge is 2.25. The molecule has 0 aromatic heterocycles. The van der Waals surface area contributed by atoms with Crippen LogP contribution in [-0.4, -0.2) is 106 Å². The van der Waals surface area contributed by atoms with Crippen LogP contribution in [0, 0.1) is 5.41 Å². The Morgan fingerprint density at radius 1 is 0.667 bits per heavy atom. The first-order valence-corrected chi connectivity index (χ1v) is 11.3. The summed E-state index contributed by atoms with van der Waals surface area (Å²) in [7, 11) is 0. The van der Waals surface area contributed by atoms with Crippen molar-refractivity contribution in [2.75, 3.05) is 39.5 Å². The van der Waals surface area contributed by atoms with Gasteiger partial charge in [-0.25, -0.2) is 0 Å². The Kier molecular flexibility index (Phi) is 16.6. The van der Waals surface area contributed by atoms with E-state index < -0.39 is 23.3 Å². The van der Waals surface area contributed by atoms with E-state index in [0.717, 1.165) is 38.9 Å². The van der Waals surface area contributed by atoms with Gasteiger partial charge in [0.2, 0.25) is 0 Å². The molecular formula is C21H41N3O9. The van der Waals surface area contributed by atoms with E-state index in [1.165, 1.54) is 0 Å². The van der Waals surface area contributed by atoms with E-state index >= 15 is 0 Å². The molecule has 33 heavy (non-hydrogen) atoms. The lowest BCUT2D eigenvalue weighted by Crippen LogP contribution is -2.32. The Morgan fingerprint density at radius 2 is 0.909 bits per heavy atom. The molecule has 0 aliphatic carbocycles. The number of aliphatic carboxylic acids is 3. The predicted molar refractivity (Wildman–Crippen MR) is 120 cm³/mol. The second-order valence-electron chi connectivity index (χ2n) is 8.44. The molecule has 3 saturated heterocycles. The van der Waals surface area contributed by atoms with Gasteiger partial charge in [0, 0.05) is 62.4 Å². The number of rotatable bonds is 13. The minimum Gasteiger partial charge on any atom is -0.481 e. The molecule has 0 saturated carbocycles. The van der Waals surface area contributed by atoms with Crippen LogP contribution in [0.1, 0.15) is 51.9 Å². The summed E-state index contributed by atoms with van der Waals surface area (Å²) in [5, 5.41) is 59.5. The van der Waals surface area contributed by atoms with Crippen molar-refractivity contribution in [3.8, 4) is 0 Å². The number of aliphatic hydroxyl groups excluding tert-OH is 3. The Hall–Kier alpha value is -1.83. The van der Waals surface area contributed by atoms with Crippen LogP contribution >= 0.6 is 0 Å². The molecule has 3 fully saturated rings. The zero-order valence-electron chi connectivity index (χ0n) is 19.3. The first kappa shape index (κ1) is 31.2. The summed E-state index contributed by atoms with van der Waals surface area (Å²) in [5.41, 5.74) is -0.667. The molecule has 194 valence electrons. The van der Waals surface area contributed by atoms with Gasteiger partial charge in [0.1, 0.15) is 0 Å². The van der Waals surface area contributed by atoms with Gasteiger partial charge in [-0.15, -0.1) is 0 Å². The van der Waals surface area contributed by atoms with Gasteiger partial charge in [0.05, 0.1) is 19.8 Å². The molecule has 0 aromatic carbocycles. The minimum atomic E-state index is -0.696. The van der Waals surface area contributed by atoms with Crippen molar-refractivity contribution in [1.82, 2.24) is 16.0 Å². The summed E-state index contributed by atoms with van der Waals surface area (Å²) in [6.07, 6.45) is 3.86. The molecule has 0 radical (unpaired) electrons. The third-order valence-electron chi connectivity index (χ3n) is 5.35. The zero-order valence-corrected chi connectivity index (χ0v) is 19.3. The summed E-state index contributed by atoms with van der Waals surface area (Å²) in [4.78, 5) is 29.7. The first-order chi connectivity index (χ1) is 15.6. The SMILES string of the molecule is CCC(CO)(CO)CO.O=C(O)CCC1CN1.O=C(O)CCC1CN1.O=C(O)CCC1CN1. The van der Waals surface area contributed by atoms with Gasteiger partial charge < -0.3 is 46.6 Å². The molecule has 0 aromatic rings. The molecule has 9 N–H and O–H groups in total. The fraction of sp³-hybridized carbons (Fsp3) is 0.857. The lowest BCUT2D eigenvalue weighted by Gasteiger charge is -2.24. The highest BCUT2D eigenvalue weighted by molar-refractivity contribution is 5.67. The summed E-state index contributed by atoms with van der Waals surface area (Å²) in [5.74, 6) is -2.09. The minimum absolute atomic E-state index is 0.156. The van der Waals surface area contributed by atoms with Gasteiger partial charge in [-0.2, -0.15) is 0 Å². The lowest BCUT2D eigenvalue weighted by atomic mass is 9.88. The van der Waals surface area contributed by atoms with Crippen molar-refractivity contribution in [2.45, 2.75) is 70.0 Å². The van der Waals surface area contributed by atoms with E-state index in [4.69, 9.17) is 30.6 Å². The average Bonchev–Trinajstić information content (AvgIpc) is 3.66. The van der Waals surface area contributed by atoms with Crippen LogP contribution in [0.25, 0.3) is 0 Å². The molecule has 12 nitrogen and oxygen atoms in total. The first-order valence-electron chi connectivity index (χ1n) is 11.3. The highest BCUT2D eigenvalue weighted by Crippen LogP contribution is 2.18. The monoisotopic (exact) mass is 479 g/mol. The largest absolute Gasteiger partial charge is 0.481 e. The molecule has 3 aliphatic heterocycles. The quantitative estimate of drug-likeness (QED) is 0.142. The van der Waals surface area contributed by atoms with Crippen LogP contribution in [0.4, 0.5) is 0 Å². The predicted octanol–water partition coefficient (Wildman–Crippen LogP) is -1.17. The van der Waals surface area contributed by atoms with Crippen molar-refractivity contribution in [3.05, 3.63) is 0 Å². The zero-order chi connectivity index (χ0) is 25.3. The summed E-state index contributed by atoms with van der Waals surface area (Å²) < 4.78 is 0. The topological polar surface area (TPSA) is 238 Å². The van der Waals surface area contributed by atoms with E-state index in [0.29, 0.717) is 43.8 Å². The van der Waals surface area contributed by atoms with E-state index in [9.17, 15) is 14.4 Å². The van der Waals surface area contributed by atoms with Crippen molar-refractivity contribution < 1.29 is 45.0 Å². The highest BCUT2D eigenvalue weighted by atomic mass is 16.4. The van der Waals surface area contributed by atoms with Gasteiger partial charge >= 0.3 is 17.9 Å². The molecule has 3 rings (SSSR count). The van der Waals surface area contributed by atoms with Crippen LogP contribution in [0.15, 0.2) is 0 Å². The molecule has 3 heterocycles. The number of carboxylic acids is 3. The maximum Gasteiger partial charge on any atom is 0.303 e. The van der Waals surface area contributed by atoms with Gasteiger partial charge in [0.25, 0.3) is 0 Å². The molecule has 0 amide bonds. The molecule has 12 heteroatoms. The molecule has 3 aliphatic rings. The normalized spacial score (nSPS) is 21.6. The Balaban J connectivity index is 0.000000414. The number of aliphatic hydroxyl groups is 3. The smallest absolute Gasteiger partial charge is 0.303 e. The number of hydrogen-bond donors (Lipinski definition) is 9. The molecule has 3 atom stereocenters. The number of nitrogens with one attached hydrogen (secondary N) is 3. The van der Waals surface area contributed by atoms with Gasteiger partial charge in [-0.05, 0) is 25.7 Å². The lowest BCUT2D eigenvalue weighted by molar-refractivity contribution is -0.138. The fourth-order valence-corrected chi connectivity index (χ4v) is 2.24. The van der Waals surface area contributed by atoms with Crippen molar-refractivity contribution >= 4 is 17.9 Å². The van der Waals surface area contributed by atoms with Crippen LogP contribution in [0.2, 0.25) is 0 Å². The van der Waals surface area contributed by atoms with E-state index in [1.54, 1.807) is 0 Å². The second-order valence-corrected chi connectivity index (χ2v) is 8.44. The van der Waals surface area contributed by atoms with Crippen molar-refractivity contribution in [3.63, 3.8) is 0 Å². The van der Waals surface area contributed by atoms with Crippen LogP contribution < -0.4 is 16.0 Å². The summed E-state index contributed by atoms with van der Waals surface area (Å²) >= 11 is 0. The Bertz CT molecular complexity index is 482. The molecule has 3 unspecified atom stereocenters. The summed E-state index contributed by atoms with van der Waals surface area (Å²) in [6.45, 7) is 4.38. The van der Waals surface area contributed by atoms with E-state index in [2.05, 4.69) is 16.0 Å². The van der Waals surface area contributed by atoms with Gasteiger partial charge in [-0.3, -0.25) is 14.4 Å². The van der Waals surface area contributed by atoms with Gasteiger partial charge in [-0.1, -0.05) is 6.92 Å². The third kappa shape index (κ3) is 20.5. The number of carbonyl (C=O) groups is 3. The fourth-order valence-electron chi connectivity index (χ4n) is 2.24. The van der Waals surface area contributed by atoms with Crippen LogP contribution in [0.3, 0.4) is 0 Å². The van der Waals surface area contributed by atoms with Crippen LogP contribution in [-0.2, 0) is 14.4 Å². The van der Waals surface area contributed by atoms with E-state index in [-0.39, 0.29) is 19.8 Å². The number of carboxylic acid groups (broad SMARTS) is 3. The van der Waals surface area contributed by atoms with E-state index in [1.807, 2.05) is 6.92 Å². The third-order valence-corrected chi connectivity index (χ3v) is 5.35. The number of hydrogen-bond acceptors (Lipinski definition) is 9. The molecular weight excluding hydrogens is 438 g/mol.